The van der Waals surface area contributed by atoms with Gasteiger partial charge in [0.25, 0.3) is 5.91 Å². The lowest BCUT2D eigenvalue weighted by Gasteiger charge is -2.29. The zero-order valence-corrected chi connectivity index (χ0v) is 21.1. The molecule has 1 N–H and O–H groups in total. The van der Waals surface area contributed by atoms with E-state index < -0.39 is 56.5 Å². The standard InChI is InChI=1S/C27H26F4N2O4S/c28-21-11-15(6-9-20(21)27(29,30)31)24(14-4-5-14)32-25(34)23-13-17-12-22(17)33(23)26(35)16-2-1-3-19(10-16)38(36,37)18-7-8-18/h1-3,6,9-11,14,17-18,22-24H,4-5,7-8,12-13H2,(H,32,34)/t17-,22-,23-,24-/m1/s1. The average molecular weight is 551 g/mol. The number of hydrogen-bond acceptors (Lipinski definition) is 4. The molecule has 11 heteroatoms. The van der Waals surface area contributed by atoms with Crippen LogP contribution in [0.4, 0.5) is 17.6 Å². The van der Waals surface area contributed by atoms with Gasteiger partial charge in [-0.25, -0.2) is 12.8 Å². The van der Waals surface area contributed by atoms with E-state index in [0.29, 0.717) is 25.3 Å². The molecular formula is C27H26F4N2O4S. The Balaban J connectivity index is 1.22. The first-order chi connectivity index (χ1) is 17.9. The highest BCUT2D eigenvalue weighted by Gasteiger charge is 2.56. The van der Waals surface area contributed by atoms with E-state index in [1.165, 1.54) is 35.2 Å². The number of amides is 2. The molecule has 4 aliphatic rings. The first-order valence-electron chi connectivity index (χ1n) is 12.8. The lowest BCUT2D eigenvalue weighted by atomic mass is 9.99. The van der Waals surface area contributed by atoms with Crippen LogP contribution in [0, 0.1) is 17.7 Å². The molecule has 2 aromatic rings. The molecule has 3 saturated carbocycles. The van der Waals surface area contributed by atoms with Crippen molar-refractivity contribution in [1.29, 1.82) is 0 Å². The molecule has 0 unspecified atom stereocenters. The number of alkyl halides is 3. The maximum atomic E-state index is 14.3. The van der Waals surface area contributed by atoms with Gasteiger partial charge in [0.15, 0.2) is 9.84 Å². The third-order valence-corrected chi connectivity index (χ3v) is 10.3. The van der Waals surface area contributed by atoms with Crippen molar-refractivity contribution in [3.05, 3.63) is 65.0 Å². The van der Waals surface area contributed by atoms with Crippen LogP contribution in [0.15, 0.2) is 47.4 Å². The normalized spacial score (nSPS) is 25.6. The summed E-state index contributed by atoms with van der Waals surface area (Å²) in [7, 11) is -3.49. The largest absolute Gasteiger partial charge is 0.419 e. The van der Waals surface area contributed by atoms with Gasteiger partial charge in [0.1, 0.15) is 11.9 Å². The van der Waals surface area contributed by atoms with E-state index in [4.69, 9.17) is 0 Å². The van der Waals surface area contributed by atoms with Crippen LogP contribution in [-0.4, -0.2) is 42.5 Å². The van der Waals surface area contributed by atoms with Gasteiger partial charge >= 0.3 is 6.18 Å². The number of piperidine rings is 1. The van der Waals surface area contributed by atoms with Crippen molar-refractivity contribution in [2.75, 3.05) is 0 Å². The Kier molecular flexibility index (Phi) is 5.86. The summed E-state index contributed by atoms with van der Waals surface area (Å²) in [5.41, 5.74) is -0.910. The second-order valence-electron chi connectivity index (χ2n) is 10.9. The van der Waals surface area contributed by atoms with Crippen molar-refractivity contribution in [1.82, 2.24) is 10.2 Å². The molecule has 202 valence electrons. The van der Waals surface area contributed by atoms with Gasteiger partial charge in [-0.15, -0.1) is 0 Å². The molecule has 1 saturated heterocycles. The maximum Gasteiger partial charge on any atom is 0.419 e. The number of nitrogens with zero attached hydrogens (tertiary/aromatic N) is 1. The third kappa shape index (κ3) is 4.58. The van der Waals surface area contributed by atoms with Crippen molar-refractivity contribution in [2.45, 2.75) is 73.0 Å². The molecule has 3 aliphatic carbocycles. The van der Waals surface area contributed by atoms with E-state index in [1.807, 2.05) is 0 Å². The van der Waals surface area contributed by atoms with Crippen LogP contribution in [0.1, 0.15) is 66.1 Å². The van der Waals surface area contributed by atoms with Crippen LogP contribution < -0.4 is 5.32 Å². The first-order valence-corrected chi connectivity index (χ1v) is 14.3. The van der Waals surface area contributed by atoms with E-state index in [2.05, 4.69) is 5.32 Å². The minimum atomic E-state index is -4.82. The van der Waals surface area contributed by atoms with E-state index in [1.54, 1.807) is 0 Å². The third-order valence-electron chi connectivity index (χ3n) is 8.06. The van der Waals surface area contributed by atoms with E-state index in [-0.39, 0.29) is 33.9 Å². The number of sulfone groups is 1. The van der Waals surface area contributed by atoms with Crippen LogP contribution >= 0.6 is 0 Å². The smallest absolute Gasteiger partial charge is 0.347 e. The number of halogens is 4. The average Bonchev–Trinajstić information content (AvgIpc) is 3.72. The zero-order valence-electron chi connectivity index (χ0n) is 20.2. The van der Waals surface area contributed by atoms with Gasteiger partial charge in [-0.3, -0.25) is 9.59 Å². The molecule has 38 heavy (non-hydrogen) atoms. The highest BCUT2D eigenvalue weighted by atomic mass is 32.2. The Morgan fingerprint density at radius 3 is 2.37 bits per heavy atom. The van der Waals surface area contributed by atoms with Crippen LogP contribution in [0.5, 0.6) is 0 Å². The fourth-order valence-corrected chi connectivity index (χ4v) is 7.32. The lowest BCUT2D eigenvalue weighted by Crippen LogP contribution is -2.49. The molecule has 2 aromatic carbocycles. The predicted octanol–water partition coefficient (Wildman–Crippen LogP) is 4.65. The molecule has 4 fully saturated rings. The monoisotopic (exact) mass is 550 g/mol. The van der Waals surface area contributed by atoms with E-state index in [9.17, 15) is 35.6 Å². The summed E-state index contributed by atoms with van der Waals surface area (Å²) >= 11 is 0. The van der Waals surface area contributed by atoms with Crippen LogP contribution in [0.3, 0.4) is 0 Å². The Morgan fingerprint density at radius 2 is 1.74 bits per heavy atom. The number of carbonyl (C=O) groups excluding carboxylic acids is 2. The minimum Gasteiger partial charge on any atom is -0.347 e. The highest BCUT2D eigenvalue weighted by Crippen LogP contribution is 2.49. The van der Waals surface area contributed by atoms with Gasteiger partial charge in [0.05, 0.1) is 21.8 Å². The maximum absolute atomic E-state index is 14.3. The molecule has 1 aliphatic heterocycles. The second-order valence-corrected chi connectivity index (χ2v) is 13.1. The summed E-state index contributed by atoms with van der Waals surface area (Å²) in [5, 5.41) is 2.47. The predicted molar refractivity (Wildman–Crippen MR) is 128 cm³/mol. The van der Waals surface area contributed by atoms with Crippen molar-refractivity contribution in [3.8, 4) is 0 Å². The summed E-state index contributed by atoms with van der Waals surface area (Å²) in [6, 6.07) is 7.04. The Labute approximate surface area is 217 Å². The van der Waals surface area contributed by atoms with Gasteiger partial charge in [-0.1, -0.05) is 12.1 Å². The fourth-order valence-electron chi connectivity index (χ4n) is 5.62. The molecule has 2 amide bonds. The fraction of sp³-hybridized carbons (Fsp3) is 0.481. The topological polar surface area (TPSA) is 83.6 Å². The summed E-state index contributed by atoms with van der Waals surface area (Å²) in [6.07, 6.45) is -0.926. The second kappa shape index (κ2) is 8.79. The van der Waals surface area contributed by atoms with E-state index >= 15 is 0 Å². The molecule has 0 radical (unpaired) electrons. The molecule has 0 aromatic heterocycles. The van der Waals surface area contributed by atoms with Crippen molar-refractivity contribution in [3.63, 3.8) is 0 Å². The van der Waals surface area contributed by atoms with Crippen LogP contribution in [0.2, 0.25) is 0 Å². The number of likely N-dealkylation sites (tertiary alicyclic amines) is 1. The van der Waals surface area contributed by atoms with Crippen LogP contribution in [0.25, 0.3) is 0 Å². The van der Waals surface area contributed by atoms with Crippen molar-refractivity contribution in [2.24, 2.45) is 11.8 Å². The van der Waals surface area contributed by atoms with Gasteiger partial charge in [-0.2, -0.15) is 13.2 Å². The van der Waals surface area contributed by atoms with Gasteiger partial charge in [-0.05, 0) is 86.3 Å². The Hall–Kier alpha value is -2.95. The Morgan fingerprint density at radius 1 is 1.00 bits per heavy atom. The molecule has 0 spiro atoms. The summed E-state index contributed by atoms with van der Waals surface area (Å²) in [4.78, 5) is 28.6. The number of benzene rings is 2. The summed E-state index contributed by atoms with van der Waals surface area (Å²) in [5.74, 6) is -2.12. The molecule has 0 bridgehead atoms. The lowest BCUT2D eigenvalue weighted by molar-refractivity contribution is -0.140. The van der Waals surface area contributed by atoms with Crippen LogP contribution in [-0.2, 0) is 20.8 Å². The SMILES string of the molecule is O=C(N[C@@H](c1ccc(C(F)(F)F)c(F)c1)C1CC1)[C@H]1C[C@H]2C[C@H]2N1C(=O)c1cccc(S(=O)(=O)C2CC2)c1. The summed E-state index contributed by atoms with van der Waals surface area (Å²) < 4.78 is 78.7. The van der Waals surface area contributed by atoms with Gasteiger partial charge in [0.2, 0.25) is 5.91 Å². The number of hydrogen-bond donors (Lipinski definition) is 1. The van der Waals surface area contributed by atoms with Crippen molar-refractivity contribution < 1.29 is 35.6 Å². The number of carbonyl (C=O) groups is 2. The number of rotatable bonds is 7. The summed E-state index contributed by atoms with van der Waals surface area (Å²) in [6.45, 7) is 0. The van der Waals surface area contributed by atoms with E-state index in [0.717, 1.165) is 25.3 Å². The molecule has 6 rings (SSSR count). The molecule has 6 nitrogen and oxygen atoms in total. The number of fused-ring (bicyclic) bond motifs is 1. The Bertz CT molecular complexity index is 1420. The van der Waals surface area contributed by atoms with Gasteiger partial charge in [0, 0.05) is 11.6 Å². The first kappa shape index (κ1) is 25.3. The molecule has 1 heterocycles. The zero-order chi connectivity index (χ0) is 27.0. The van der Waals surface area contributed by atoms with Gasteiger partial charge < -0.3 is 10.2 Å². The number of nitrogens with one attached hydrogen (secondary N) is 1. The molecule has 4 atom stereocenters. The van der Waals surface area contributed by atoms with Crippen molar-refractivity contribution >= 4 is 21.7 Å². The highest BCUT2D eigenvalue weighted by molar-refractivity contribution is 7.92. The quantitative estimate of drug-likeness (QED) is 0.509. The molecular weight excluding hydrogens is 524 g/mol. The minimum absolute atomic E-state index is 0.0283.